The van der Waals surface area contributed by atoms with Gasteiger partial charge in [0.1, 0.15) is 12.6 Å². The molecule has 0 spiro atoms. The Bertz CT molecular complexity index is 255. The second kappa shape index (κ2) is 8.05. The Morgan fingerprint density at radius 1 is 1.44 bits per heavy atom. The first-order valence-electron chi connectivity index (χ1n) is 6.43. The summed E-state index contributed by atoms with van der Waals surface area (Å²) in [6.07, 6.45) is 0.867. The lowest BCUT2D eigenvalue weighted by molar-refractivity contribution is -0.151. The SMILES string of the molecule is CCCNC(=O)C1COCCN1C(=O)COCC. The van der Waals surface area contributed by atoms with E-state index >= 15 is 0 Å². The maximum absolute atomic E-state index is 11.9. The van der Waals surface area contributed by atoms with E-state index in [9.17, 15) is 9.59 Å². The lowest BCUT2D eigenvalue weighted by atomic mass is 10.2. The van der Waals surface area contributed by atoms with Crippen LogP contribution in [0, 0.1) is 0 Å². The van der Waals surface area contributed by atoms with Crippen LogP contribution in [-0.2, 0) is 19.1 Å². The van der Waals surface area contributed by atoms with Gasteiger partial charge < -0.3 is 19.7 Å². The van der Waals surface area contributed by atoms with Crippen LogP contribution in [0.5, 0.6) is 0 Å². The van der Waals surface area contributed by atoms with Gasteiger partial charge >= 0.3 is 0 Å². The van der Waals surface area contributed by atoms with Crippen molar-refractivity contribution in [3.8, 4) is 0 Å². The standard InChI is InChI=1S/C12H22N2O4/c1-3-5-13-12(16)10-8-18-7-6-14(10)11(15)9-17-4-2/h10H,3-9H2,1-2H3,(H,13,16). The summed E-state index contributed by atoms with van der Waals surface area (Å²) in [7, 11) is 0. The highest BCUT2D eigenvalue weighted by molar-refractivity contribution is 5.88. The molecule has 1 saturated heterocycles. The van der Waals surface area contributed by atoms with Crippen molar-refractivity contribution in [3.63, 3.8) is 0 Å². The summed E-state index contributed by atoms with van der Waals surface area (Å²) < 4.78 is 10.4. The van der Waals surface area contributed by atoms with Gasteiger partial charge in [-0.3, -0.25) is 9.59 Å². The van der Waals surface area contributed by atoms with Gasteiger partial charge in [0, 0.05) is 19.7 Å². The molecule has 0 saturated carbocycles. The van der Waals surface area contributed by atoms with Gasteiger partial charge in [0.25, 0.3) is 0 Å². The number of ether oxygens (including phenoxy) is 2. The van der Waals surface area contributed by atoms with Gasteiger partial charge in [0.15, 0.2) is 0 Å². The van der Waals surface area contributed by atoms with Crippen molar-refractivity contribution in [3.05, 3.63) is 0 Å². The van der Waals surface area contributed by atoms with E-state index in [0.29, 0.717) is 26.3 Å². The minimum atomic E-state index is -0.529. The molecule has 104 valence electrons. The highest BCUT2D eigenvalue weighted by atomic mass is 16.5. The molecule has 0 bridgehead atoms. The third-order valence-corrected chi connectivity index (χ3v) is 2.73. The van der Waals surface area contributed by atoms with Crippen molar-refractivity contribution in [2.24, 2.45) is 0 Å². The molecule has 0 aromatic carbocycles. The summed E-state index contributed by atoms with van der Waals surface area (Å²) in [5, 5.41) is 2.79. The summed E-state index contributed by atoms with van der Waals surface area (Å²) in [5.74, 6) is -0.307. The Balaban J connectivity index is 2.55. The number of rotatable bonds is 6. The smallest absolute Gasteiger partial charge is 0.249 e. The number of amides is 2. The first-order valence-corrected chi connectivity index (χ1v) is 6.43. The zero-order valence-corrected chi connectivity index (χ0v) is 11.1. The summed E-state index contributed by atoms with van der Waals surface area (Å²) in [5.41, 5.74) is 0. The monoisotopic (exact) mass is 258 g/mol. The number of hydrogen-bond acceptors (Lipinski definition) is 4. The van der Waals surface area contributed by atoms with Crippen LogP contribution in [0.25, 0.3) is 0 Å². The predicted octanol–water partition coefficient (Wildman–Crippen LogP) is -0.223. The lowest BCUT2D eigenvalue weighted by Crippen LogP contribution is -2.56. The molecule has 2 amide bonds. The molecule has 1 unspecified atom stereocenters. The van der Waals surface area contributed by atoms with E-state index < -0.39 is 6.04 Å². The average molecular weight is 258 g/mol. The Labute approximate surface area is 108 Å². The molecule has 1 aliphatic rings. The highest BCUT2D eigenvalue weighted by Crippen LogP contribution is 2.08. The molecule has 0 aromatic heterocycles. The summed E-state index contributed by atoms with van der Waals surface area (Å²) in [6, 6.07) is -0.529. The average Bonchev–Trinajstić information content (AvgIpc) is 2.42. The third-order valence-electron chi connectivity index (χ3n) is 2.73. The fourth-order valence-corrected chi connectivity index (χ4v) is 1.76. The fraction of sp³-hybridized carbons (Fsp3) is 0.833. The third kappa shape index (κ3) is 4.27. The van der Waals surface area contributed by atoms with E-state index in [1.54, 1.807) is 4.90 Å². The van der Waals surface area contributed by atoms with E-state index in [-0.39, 0.29) is 25.0 Å². The van der Waals surface area contributed by atoms with Crippen molar-refractivity contribution in [1.29, 1.82) is 0 Å². The van der Waals surface area contributed by atoms with Crippen LogP contribution >= 0.6 is 0 Å². The molecule has 6 nitrogen and oxygen atoms in total. The largest absolute Gasteiger partial charge is 0.377 e. The minimum absolute atomic E-state index is 0.0219. The zero-order chi connectivity index (χ0) is 13.4. The van der Waals surface area contributed by atoms with Gasteiger partial charge in [0.2, 0.25) is 11.8 Å². The molecule has 1 fully saturated rings. The van der Waals surface area contributed by atoms with Crippen molar-refractivity contribution in [2.45, 2.75) is 26.3 Å². The molecule has 1 heterocycles. The van der Waals surface area contributed by atoms with Crippen LogP contribution in [0.1, 0.15) is 20.3 Å². The zero-order valence-electron chi connectivity index (χ0n) is 11.1. The van der Waals surface area contributed by atoms with Crippen molar-refractivity contribution >= 4 is 11.8 Å². The van der Waals surface area contributed by atoms with Crippen LogP contribution in [-0.4, -0.2) is 62.3 Å². The van der Waals surface area contributed by atoms with Gasteiger partial charge in [-0.05, 0) is 13.3 Å². The molecular weight excluding hydrogens is 236 g/mol. The molecule has 1 N–H and O–H groups in total. The van der Waals surface area contributed by atoms with Gasteiger partial charge in [-0.2, -0.15) is 0 Å². The number of nitrogens with one attached hydrogen (secondary N) is 1. The number of carbonyl (C=O) groups excluding carboxylic acids is 2. The first kappa shape index (κ1) is 14.9. The molecule has 0 aliphatic carbocycles. The molecule has 1 aliphatic heterocycles. The quantitative estimate of drug-likeness (QED) is 0.715. The van der Waals surface area contributed by atoms with E-state index in [1.807, 2.05) is 13.8 Å². The summed E-state index contributed by atoms with van der Waals surface area (Å²) in [6.45, 7) is 6.10. The molecule has 18 heavy (non-hydrogen) atoms. The number of carbonyl (C=O) groups is 2. The van der Waals surface area contributed by atoms with Crippen LogP contribution in [0.4, 0.5) is 0 Å². The van der Waals surface area contributed by atoms with Crippen LogP contribution in [0.3, 0.4) is 0 Å². The Morgan fingerprint density at radius 3 is 2.89 bits per heavy atom. The lowest BCUT2D eigenvalue weighted by Gasteiger charge is -2.34. The van der Waals surface area contributed by atoms with Crippen molar-refractivity contribution in [1.82, 2.24) is 10.2 Å². The highest BCUT2D eigenvalue weighted by Gasteiger charge is 2.32. The van der Waals surface area contributed by atoms with Gasteiger partial charge in [-0.1, -0.05) is 6.92 Å². The van der Waals surface area contributed by atoms with Gasteiger partial charge in [-0.15, -0.1) is 0 Å². The van der Waals surface area contributed by atoms with Gasteiger partial charge in [0.05, 0.1) is 13.2 Å². The van der Waals surface area contributed by atoms with E-state index in [0.717, 1.165) is 6.42 Å². The van der Waals surface area contributed by atoms with E-state index in [2.05, 4.69) is 5.32 Å². The second-order valence-corrected chi connectivity index (χ2v) is 4.11. The van der Waals surface area contributed by atoms with E-state index in [1.165, 1.54) is 0 Å². The molecular formula is C12H22N2O4. The molecule has 1 atom stereocenters. The van der Waals surface area contributed by atoms with Crippen molar-refractivity contribution < 1.29 is 19.1 Å². The topological polar surface area (TPSA) is 67.9 Å². The van der Waals surface area contributed by atoms with Crippen molar-refractivity contribution in [2.75, 3.05) is 39.5 Å². The second-order valence-electron chi connectivity index (χ2n) is 4.11. The van der Waals surface area contributed by atoms with Crippen LogP contribution in [0.15, 0.2) is 0 Å². The Morgan fingerprint density at radius 2 is 2.22 bits per heavy atom. The fourth-order valence-electron chi connectivity index (χ4n) is 1.76. The number of nitrogens with zero attached hydrogens (tertiary/aromatic N) is 1. The predicted molar refractivity (Wildman–Crippen MR) is 66.1 cm³/mol. The Kier molecular flexibility index (Phi) is 6.67. The molecule has 0 radical (unpaired) electrons. The van der Waals surface area contributed by atoms with Gasteiger partial charge in [-0.25, -0.2) is 0 Å². The first-order chi connectivity index (χ1) is 8.70. The molecule has 0 aromatic rings. The van der Waals surface area contributed by atoms with Crippen LogP contribution in [0.2, 0.25) is 0 Å². The minimum Gasteiger partial charge on any atom is -0.377 e. The summed E-state index contributed by atoms with van der Waals surface area (Å²) >= 11 is 0. The maximum Gasteiger partial charge on any atom is 0.249 e. The Hall–Kier alpha value is -1.14. The molecule has 1 rings (SSSR count). The number of morpholine rings is 1. The summed E-state index contributed by atoms with van der Waals surface area (Å²) in [4.78, 5) is 25.4. The maximum atomic E-state index is 11.9. The molecule has 6 heteroatoms. The number of hydrogen-bond donors (Lipinski definition) is 1. The van der Waals surface area contributed by atoms with Crippen LogP contribution < -0.4 is 5.32 Å². The normalized spacial score (nSPS) is 19.7. The van der Waals surface area contributed by atoms with E-state index in [4.69, 9.17) is 9.47 Å².